The Balaban J connectivity index is 1.28. The summed E-state index contributed by atoms with van der Waals surface area (Å²) in [5.74, 6) is 2.07. The number of aromatic hydroxyl groups is 1. The van der Waals surface area contributed by atoms with Crippen LogP contribution in [0.3, 0.4) is 0 Å². The fourth-order valence-electron chi connectivity index (χ4n) is 9.91. The van der Waals surface area contributed by atoms with Crippen molar-refractivity contribution in [2.45, 2.75) is 80.6 Å². The molecule has 1 unspecified atom stereocenters. The number of benzene rings is 2. The quantitative estimate of drug-likeness (QED) is 0.616. The highest BCUT2D eigenvalue weighted by Crippen LogP contribution is 2.77. The first-order valence-corrected chi connectivity index (χ1v) is 14.1. The lowest BCUT2D eigenvalue weighted by atomic mass is 9.34. The van der Waals surface area contributed by atoms with Gasteiger partial charge in [-0.25, -0.2) is 0 Å². The molecule has 2 heterocycles. The van der Waals surface area contributed by atoms with Crippen LogP contribution in [0.5, 0.6) is 11.5 Å². The van der Waals surface area contributed by atoms with E-state index in [0.29, 0.717) is 12.5 Å². The number of piperidine rings is 1. The molecule has 4 saturated carbocycles. The molecule has 2 N–H and O–H groups in total. The lowest BCUT2D eigenvalue weighted by Gasteiger charge is -2.74. The Labute approximate surface area is 213 Å². The van der Waals surface area contributed by atoms with E-state index < -0.39 is 11.7 Å². The van der Waals surface area contributed by atoms with Crippen LogP contribution in [0.15, 0.2) is 42.5 Å². The van der Waals surface area contributed by atoms with Crippen LogP contribution in [-0.2, 0) is 16.6 Å². The Kier molecular flexibility index (Phi) is 4.43. The summed E-state index contributed by atoms with van der Waals surface area (Å²) < 4.78 is 13.5. The molecule has 2 aromatic rings. The molecule has 2 aromatic carbocycles. The first kappa shape index (κ1) is 22.0. The summed E-state index contributed by atoms with van der Waals surface area (Å²) in [6, 6.07) is 14.6. The fraction of sp³-hybridized carbons (Fsp3) is 0.613. The third-order valence-corrected chi connectivity index (χ3v) is 11.5. The maximum Gasteiger partial charge on any atom is 0.165 e. The monoisotopic (exact) mass is 487 g/mol. The highest BCUT2D eigenvalue weighted by molar-refractivity contribution is 5.63. The van der Waals surface area contributed by atoms with Crippen molar-refractivity contribution in [1.29, 1.82) is 0 Å². The van der Waals surface area contributed by atoms with Crippen LogP contribution in [0.1, 0.15) is 67.7 Å². The summed E-state index contributed by atoms with van der Waals surface area (Å²) in [4.78, 5) is 2.84. The van der Waals surface area contributed by atoms with Gasteiger partial charge in [-0.3, -0.25) is 4.90 Å². The van der Waals surface area contributed by atoms with Crippen molar-refractivity contribution < 1.29 is 19.7 Å². The molecule has 5 aliphatic carbocycles. The molecule has 36 heavy (non-hydrogen) atoms. The molecule has 7 atom stereocenters. The molecule has 0 aromatic heterocycles. The number of likely N-dealkylation sites (tertiary alicyclic amines) is 1. The highest BCUT2D eigenvalue weighted by Gasteiger charge is 2.80. The molecule has 9 rings (SSSR count). The van der Waals surface area contributed by atoms with Crippen LogP contribution in [-0.4, -0.2) is 53.1 Å². The molecule has 1 saturated heterocycles. The molecule has 0 amide bonds. The van der Waals surface area contributed by atoms with E-state index in [1.54, 1.807) is 0 Å². The average molecular weight is 488 g/mol. The number of aliphatic hydroxyl groups excluding tert-OH is 1. The Morgan fingerprint density at radius 1 is 1.11 bits per heavy atom. The van der Waals surface area contributed by atoms with Crippen LogP contribution in [0, 0.1) is 17.3 Å². The van der Waals surface area contributed by atoms with Crippen molar-refractivity contribution in [3.8, 4) is 11.5 Å². The van der Waals surface area contributed by atoms with Crippen molar-refractivity contribution in [1.82, 2.24) is 4.90 Å². The maximum absolute atomic E-state index is 11.4. The van der Waals surface area contributed by atoms with Crippen LogP contribution in [0.25, 0.3) is 0 Å². The predicted molar refractivity (Wildman–Crippen MR) is 136 cm³/mol. The molecule has 5 heteroatoms. The molecule has 5 fully saturated rings. The molecule has 7 aliphatic rings. The molecule has 2 aliphatic heterocycles. The number of hydrogen-bond donors (Lipinski definition) is 2. The van der Waals surface area contributed by atoms with Gasteiger partial charge in [-0.1, -0.05) is 36.4 Å². The highest BCUT2D eigenvalue weighted by atomic mass is 16.6. The zero-order chi connectivity index (χ0) is 24.3. The number of hydrogen-bond acceptors (Lipinski definition) is 5. The Morgan fingerprint density at radius 3 is 2.72 bits per heavy atom. The number of rotatable bonds is 6. The predicted octanol–water partition coefficient (Wildman–Crippen LogP) is 4.74. The van der Waals surface area contributed by atoms with Crippen molar-refractivity contribution in [2.75, 3.05) is 20.2 Å². The summed E-state index contributed by atoms with van der Waals surface area (Å²) in [7, 11) is 1.85. The molecule has 0 radical (unpaired) electrons. The number of aliphatic hydroxyl groups is 1. The molecule has 190 valence electrons. The third kappa shape index (κ3) is 2.53. The molecule has 4 bridgehead atoms. The molecule has 2 spiro atoms. The van der Waals surface area contributed by atoms with Crippen LogP contribution < -0.4 is 4.74 Å². The Morgan fingerprint density at radius 2 is 1.94 bits per heavy atom. The molecular weight excluding hydrogens is 450 g/mol. The first-order chi connectivity index (χ1) is 17.5. The van der Waals surface area contributed by atoms with Gasteiger partial charge < -0.3 is 19.7 Å². The van der Waals surface area contributed by atoms with Crippen molar-refractivity contribution >= 4 is 0 Å². The normalized spacial score (nSPS) is 40.6. The van der Waals surface area contributed by atoms with E-state index in [1.165, 1.54) is 30.5 Å². The van der Waals surface area contributed by atoms with Gasteiger partial charge in [0, 0.05) is 36.1 Å². The second-order valence-electron chi connectivity index (χ2n) is 12.7. The van der Waals surface area contributed by atoms with E-state index >= 15 is 0 Å². The number of fused-ring (bicyclic) bond motifs is 2. The van der Waals surface area contributed by atoms with E-state index in [9.17, 15) is 10.2 Å². The fourth-order valence-corrected chi connectivity index (χ4v) is 9.91. The van der Waals surface area contributed by atoms with Gasteiger partial charge >= 0.3 is 0 Å². The Hall–Kier alpha value is -2.08. The van der Waals surface area contributed by atoms with Crippen LogP contribution in [0.4, 0.5) is 0 Å². The van der Waals surface area contributed by atoms with Gasteiger partial charge in [0.2, 0.25) is 0 Å². The second kappa shape index (κ2) is 7.27. The van der Waals surface area contributed by atoms with Gasteiger partial charge in [-0.15, -0.1) is 0 Å². The van der Waals surface area contributed by atoms with Gasteiger partial charge in [0.15, 0.2) is 11.5 Å². The number of methoxy groups -OCH3 is 1. The summed E-state index contributed by atoms with van der Waals surface area (Å²) in [6.45, 7) is 2.33. The standard InChI is InChI=1S/C31H37NO4/c1-35-31-12-11-29(17-22(31)16-24(34)20-5-3-2-4-6-20)25-15-21-9-10-23(33)27-26(21)30(29,28(31)36-27)13-14-32(25)18-19-7-8-19/h2-6,9-10,19,22,24-25,28,33-34H,7-8,11-18H2,1H3/t22-,24?,25+,28+,29+,30-,31+/m0/s1. The zero-order valence-corrected chi connectivity index (χ0v) is 21.2. The van der Waals surface area contributed by atoms with E-state index in [0.717, 1.165) is 55.9 Å². The summed E-state index contributed by atoms with van der Waals surface area (Å²) >= 11 is 0. The van der Waals surface area contributed by atoms with E-state index in [1.807, 2.05) is 43.5 Å². The average Bonchev–Trinajstić information content (AvgIpc) is 3.64. The summed E-state index contributed by atoms with van der Waals surface area (Å²) in [5.41, 5.74) is 3.19. The number of nitrogens with zero attached hydrogens (tertiary/aromatic N) is 1. The second-order valence-corrected chi connectivity index (χ2v) is 12.7. The van der Waals surface area contributed by atoms with Crippen LogP contribution >= 0.6 is 0 Å². The number of phenolic OH excluding ortho intramolecular Hbond substituents is 1. The van der Waals surface area contributed by atoms with Gasteiger partial charge in [0.25, 0.3) is 0 Å². The SMILES string of the molecule is CO[C@]12CC[C@@]3(C[C@@H]1CC(O)c1ccccc1)[C@H]1Cc4ccc(O)c5c4[C@@]3(CCN1CC1CC1)[C@H]2O5. The number of phenols is 1. The van der Waals surface area contributed by atoms with Crippen molar-refractivity contribution in [2.24, 2.45) is 17.3 Å². The smallest absolute Gasteiger partial charge is 0.165 e. The maximum atomic E-state index is 11.4. The first-order valence-electron chi connectivity index (χ1n) is 14.1. The van der Waals surface area contributed by atoms with Gasteiger partial charge in [-0.2, -0.15) is 0 Å². The largest absolute Gasteiger partial charge is 0.504 e. The lowest BCUT2D eigenvalue weighted by Crippen LogP contribution is -2.81. The Bertz CT molecular complexity index is 1210. The van der Waals surface area contributed by atoms with Crippen molar-refractivity contribution in [3.63, 3.8) is 0 Å². The minimum atomic E-state index is -0.520. The minimum absolute atomic E-state index is 0.0954. The molecular formula is C31H37NO4. The number of ether oxygens (including phenoxy) is 2. The van der Waals surface area contributed by atoms with Gasteiger partial charge in [-0.05, 0) is 86.9 Å². The van der Waals surface area contributed by atoms with E-state index in [4.69, 9.17) is 9.47 Å². The summed E-state index contributed by atoms with van der Waals surface area (Å²) in [5, 5.41) is 22.3. The van der Waals surface area contributed by atoms with E-state index in [-0.39, 0.29) is 28.6 Å². The minimum Gasteiger partial charge on any atom is -0.504 e. The lowest BCUT2D eigenvalue weighted by molar-refractivity contribution is -0.280. The van der Waals surface area contributed by atoms with E-state index in [2.05, 4.69) is 11.0 Å². The third-order valence-electron chi connectivity index (χ3n) is 11.5. The zero-order valence-electron chi connectivity index (χ0n) is 21.2. The van der Waals surface area contributed by atoms with Crippen LogP contribution in [0.2, 0.25) is 0 Å². The topological polar surface area (TPSA) is 62.2 Å². The molecule has 5 nitrogen and oxygen atoms in total. The summed E-state index contributed by atoms with van der Waals surface area (Å²) in [6.07, 6.45) is 8.07. The van der Waals surface area contributed by atoms with Gasteiger partial charge in [0.05, 0.1) is 6.10 Å². The van der Waals surface area contributed by atoms with Gasteiger partial charge in [0.1, 0.15) is 11.7 Å². The van der Waals surface area contributed by atoms with Crippen molar-refractivity contribution in [3.05, 3.63) is 59.2 Å².